The summed E-state index contributed by atoms with van der Waals surface area (Å²) in [5.41, 5.74) is 3.75. The number of sulfonamides is 1. The summed E-state index contributed by atoms with van der Waals surface area (Å²) in [7, 11) is -3.83. The van der Waals surface area contributed by atoms with Gasteiger partial charge < -0.3 is 0 Å². The SMILES string of the molecule is Cc1c(S(=O)(=O)NCc2cn(-c3ccccc3)nc2-c2ccccc2)cnn1-c1ccccn1. The van der Waals surface area contributed by atoms with Crippen LogP contribution in [0.15, 0.2) is 102 Å². The molecule has 0 aliphatic heterocycles. The normalized spacial score (nSPS) is 11.6. The molecule has 9 heteroatoms. The van der Waals surface area contributed by atoms with Crippen LogP contribution < -0.4 is 4.72 Å². The molecule has 0 bridgehead atoms. The summed E-state index contributed by atoms with van der Waals surface area (Å²) >= 11 is 0. The molecule has 0 amide bonds. The van der Waals surface area contributed by atoms with Crippen molar-refractivity contribution in [3.8, 4) is 22.8 Å². The standard InChI is InChI=1S/C25H22N6O2S/c1-19-23(17-27-31(19)24-14-8-9-15-26-24)34(32,33)28-16-21-18-30(22-12-6-3-7-13-22)29-25(21)20-10-4-2-5-11-20/h2-15,17-18,28H,16H2,1H3. The van der Waals surface area contributed by atoms with Crippen LogP contribution in [-0.4, -0.2) is 33.0 Å². The number of pyridine rings is 1. The highest BCUT2D eigenvalue weighted by Crippen LogP contribution is 2.24. The summed E-state index contributed by atoms with van der Waals surface area (Å²) in [5.74, 6) is 0.553. The molecule has 170 valence electrons. The lowest BCUT2D eigenvalue weighted by molar-refractivity contribution is 0.580. The first-order valence-corrected chi connectivity index (χ1v) is 12.2. The molecule has 2 aromatic carbocycles. The van der Waals surface area contributed by atoms with Crippen molar-refractivity contribution in [3.63, 3.8) is 0 Å². The maximum absolute atomic E-state index is 13.2. The Bertz CT molecular complexity index is 1510. The third-order valence-electron chi connectivity index (χ3n) is 5.43. The van der Waals surface area contributed by atoms with Crippen LogP contribution in [0.3, 0.4) is 0 Å². The second-order valence-electron chi connectivity index (χ2n) is 7.67. The Hall–Kier alpha value is -4.08. The molecule has 0 aliphatic rings. The van der Waals surface area contributed by atoms with Gasteiger partial charge in [-0.15, -0.1) is 0 Å². The highest BCUT2D eigenvalue weighted by atomic mass is 32.2. The van der Waals surface area contributed by atoms with E-state index in [1.165, 1.54) is 10.9 Å². The highest BCUT2D eigenvalue weighted by molar-refractivity contribution is 7.89. The van der Waals surface area contributed by atoms with Gasteiger partial charge in [0.1, 0.15) is 4.90 Å². The van der Waals surface area contributed by atoms with Crippen molar-refractivity contribution < 1.29 is 8.42 Å². The molecule has 0 saturated heterocycles. The third kappa shape index (κ3) is 4.26. The monoisotopic (exact) mass is 470 g/mol. The van der Waals surface area contributed by atoms with Gasteiger partial charge in [-0.05, 0) is 31.2 Å². The predicted molar refractivity (Wildman–Crippen MR) is 129 cm³/mol. The lowest BCUT2D eigenvalue weighted by Gasteiger charge is -2.07. The van der Waals surface area contributed by atoms with Crippen LogP contribution in [0.25, 0.3) is 22.8 Å². The minimum Gasteiger partial charge on any atom is -0.240 e. The van der Waals surface area contributed by atoms with E-state index < -0.39 is 10.0 Å². The van der Waals surface area contributed by atoms with Crippen LogP contribution in [0.5, 0.6) is 0 Å². The third-order valence-corrected chi connectivity index (χ3v) is 6.94. The van der Waals surface area contributed by atoms with Crippen molar-refractivity contribution in [1.29, 1.82) is 0 Å². The molecule has 0 fully saturated rings. The number of nitrogens with zero attached hydrogens (tertiary/aromatic N) is 5. The van der Waals surface area contributed by atoms with Crippen molar-refractivity contribution in [3.05, 3.63) is 109 Å². The van der Waals surface area contributed by atoms with Gasteiger partial charge in [-0.3, -0.25) is 0 Å². The second kappa shape index (κ2) is 9.05. The van der Waals surface area contributed by atoms with Crippen molar-refractivity contribution in [2.75, 3.05) is 0 Å². The zero-order valence-corrected chi connectivity index (χ0v) is 19.2. The highest BCUT2D eigenvalue weighted by Gasteiger charge is 2.23. The largest absolute Gasteiger partial charge is 0.244 e. The first kappa shape index (κ1) is 21.7. The Labute approximate surface area is 197 Å². The molecule has 3 aromatic heterocycles. The maximum atomic E-state index is 13.2. The average molecular weight is 471 g/mol. The minimum absolute atomic E-state index is 0.0770. The molecule has 0 aliphatic carbocycles. The Morgan fingerprint density at radius 3 is 2.32 bits per heavy atom. The minimum atomic E-state index is -3.83. The molecule has 0 saturated carbocycles. The number of benzene rings is 2. The predicted octanol–water partition coefficient (Wildman–Crippen LogP) is 3.91. The van der Waals surface area contributed by atoms with Crippen LogP contribution >= 0.6 is 0 Å². The summed E-state index contributed by atoms with van der Waals surface area (Å²) in [4.78, 5) is 4.36. The van der Waals surface area contributed by atoms with Gasteiger partial charge in [-0.25, -0.2) is 27.5 Å². The lowest BCUT2D eigenvalue weighted by atomic mass is 10.1. The summed E-state index contributed by atoms with van der Waals surface area (Å²) in [6.45, 7) is 1.78. The fraction of sp³-hybridized carbons (Fsp3) is 0.0800. The molecular weight excluding hydrogens is 448 g/mol. The van der Waals surface area contributed by atoms with Gasteiger partial charge >= 0.3 is 0 Å². The summed E-state index contributed by atoms with van der Waals surface area (Å²) < 4.78 is 32.4. The fourth-order valence-electron chi connectivity index (χ4n) is 3.71. The van der Waals surface area contributed by atoms with Gasteiger partial charge in [0.05, 0.1) is 23.3 Å². The Kier molecular flexibility index (Phi) is 5.79. The van der Waals surface area contributed by atoms with E-state index in [4.69, 9.17) is 5.10 Å². The van der Waals surface area contributed by atoms with E-state index in [1.54, 1.807) is 29.9 Å². The molecule has 3 heterocycles. The summed E-state index contributed by atoms with van der Waals surface area (Å²) in [5, 5.41) is 8.98. The van der Waals surface area contributed by atoms with Crippen molar-refractivity contribution in [2.24, 2.45) is 0 Å². The molecule has 1 N–H and O–H groups in total. The van der Waals surface area contributed by atoms with E-state index in [0.717, 1.165) is 16.8 Å². The first-order chi connectivity index (χ1) is 16.5. The zero-order chi connectivity index (χ0) is 23.5. The van der Waals surface area contributed by atoms with E-state index in [1.807, 2.05) is 72.9 Å². The van der Waals surface area contributed by atoms with E-state index in [2.05, 4.69) is 14.8 Å². The maximum Gasteiger partial charge on any atom is 0.244 e. The van der Waals surface area contributed by atoms with E-state index in [0.29, 0.717) is 17.2 Å². The molecule has 0 radical (unpaired) electrons. The number of nitrogens with one attached hydrogen (secondary N) is 1. The Morgan fingerprint density at radius 1 is 0.912 bits per heavy atom. The number of rotatable bonds is 7. The second-order valence-corrected chi connectivity index (χ2v) is 9.40. The first-order valence-electron chi connectivity index (χ1n) is 10.7. The van der Waals surface area contributed by atoms with Gasteiger partial charge in [-0.1, -0.05) is 54.6 Å². The Balaban J connectivity index is 1.46. The Morgan fingerprint density at radius 2 is 1.62 bits per heavy atom. The lowest BCUT2D eigenvalue weighted by Crippen LogP contribution is -2.24. The molecule has 0 unspecified atom stereocenters. The molecule has 34 heavy (non-hydrogen) atoms. The van der Waals surface area contributed by atoms with Crippen LogP contribution in [0.1, 0.15) is 11.3 Å². The van der Waals surface area contributed by atoms with Gasteiger partial charge in [0.25, 0.3) is 0 Å². The van der Waals surface area contributed by atoms with E-state index >= 15 is 0 Å². The molecule has 0 atom stereocenters. The average Bonchev–Trinajstić information content (AvgIpc) is 3.49. The number of hydrogen-bond donors (Lipinski definition) is 1. The topological polar surface area (TPSA) is 94.7 Å². The van der Waals surface area contributed by atoms with Crippen LogP contribution in [0.4, 0.5) is 0 Å². The van der Waals surface area contributed by atoms with Gasteiger partial charge in [-0.2, -0.15) is 10.2 Å². The van der Waals surface area contributed by atoms with Gasteiger partial charge in [0.2, 0.25) is 10.0 Å². The zero-order valence-electron chi connectivity index (χ0n) is 18.4. The molecule has 5 rings (SSSR count). The number of aromatic nitrogens is 5. The molecule has 8 nitrogen and oxygen atoms in total. The van der Waals surface area contributed by atoms with Gasteiger partial charge in [0, 0.05) is 30.1 Å². The van der Waals surface area contributed by atoms with Crippen LogP contribution in [0.2, 0.25) is 0 Å². The van der Waals surface area contributed by atoms with Gasteiger partial charge in [0.15, 0.2) is 5.82 Å². The summed E-state index contributed by atoms with van der Waals surface area (Å²) in [6, 6.07) is 24.8. The van der Waals surface area contributed by atoms with E-state index in [9.17, 15) is 8.42 Å². The van der Waals surface area contributed by atoms with Crippen molar-refractivity contribution in [2.45, 2.75) is 18.4 Å². The van der Waals surface area contributed by atoms with E-state index in [-0.39, 0.29) is 11.4 Å². The van der Waals surface area contributed by atoms with Crippen LogP contribution in [-0.2, 0) is 16.6 Å². The summed E-state index contributed by atoms with van der Waals surface area (Å²) in [6.07, 6.45) is 4.83. The van der Waals surface area contributed by atoms with Crippen LogP contribution in [0, 0.1) is 6.92 Å². The van der Waals surface area contributed by atoms with Crippen molar-refractivity contribution in [1.82, 2.24) is 29.3 Å². The fourth-order valence-corrected chi connectivity index (χ4v) is 4.87. The quantitative estimate of drug-likeness (QED) is 0.389. The van der Waals surface area contributed by atoms with Crippen molar-refractivity contribution >= 4 is 10.0 Å². The molecule has 0 spiro atoms. The molecule has 5 aromatic rings. The number of hydrogen-bond acceptors (Lipinski definition) is 5. The molecular formula is C25H22N6O2S. The smallest absolute Gasteiger partial charge is 0.240 e. The number of para-hydroxylation sites is 1.